The number of aromatic nitrogens is 5. The van der Waals surface area contributed by atoms with Crippen molar-refractivity contribution in [3.8, 4) is 5.82 Å². The maximum absolute atomic E-state index is 9.80. The number of halogens is 1. The standard InChI is InChI=1S/C25H27ClN6O/c1-16-18(12-30-9-7-20(33)14-30)13-32(29-16)25-6-8-27-24(28-25)11-17-2-5-23-21(10-17)22(26)15-31(23)19-3-4-19/h2,5-6,8,10,13,15,19-20,33H,3-4,7,9,11-12,14H2,1H3/t20-/m1/s1. The molecule has 2 aliphatic rings. The number of aryl methyl sites for hydroxylation is 1. The molecule has 0 unspecified atom stereocenters. The van der Waals surface area contributed by atoms with Crippen LogP contribution < -0.4 is 0 Å². The van der Waals surface area contributed by atoms with Gasteiger partial charge in [0.05, 0.1) is 16.8 Å². The van der Waals surface area contributed by atoms with Gasteiger partial charge in [-0.15, -0.1) is 0 Å². The molecule has 1 saturated carbocycles. The summed E-state index contributed by atoms with van der Waals surface area (Å²) in [6.45, 7) is 4.46. The first-order chi connectivity index (χ1) is 16.0. The van der Waals surface area contributed by atoms with Crippen molar-refractivity contribution in [2.24, 2.45) is 0 Å². The van der Waals surface area contributed by atoms with Gasteiger partial charge < -0.3 is 9.67 Å². The van der Waals surface area contributed by atoms with Crippen molar-refractivity contribution in [2.45, 2.75) is 51.3 Å². The molecular formula is C25H27ClN6O. The van der Waals surface area contributed by atoms with E-state index in [9.17, 15) is 5.11 Å². The minimum atomic E-state index is -0.217. The van der Waals surface area contributed by atoms with Gasteiger partial charge in [0.2, 0.25) is 0 Å². The summed E-state index contributed by atoms with van der Waals surface area (Å²) < 4.78 is 4.14. The summed E-state index contributed by atoms with van der Waals surface area (Å²) >= 11 is 6.53. The average molecular weight is 463 g/mol. The molecule has 0 amide bonds. The number of aliphatic hydroxyl groups is 1. The minimum absolute atomic E-state index is 0.217. The number of aliphatic hydroxyl groups excluding tert-OH is 1. The first-order valence-corrected chi connectivity index (χ1v) is 12.0. The number of nitrogens with zero attached hydrogens (tertiary/aromatic N) is 6. The number of benzene rings is 1. The van der Waals surface area contributed by atoms with Crippen molar-refractivity contribution in [1.82, 2.24) is 29.2 Å². The molecule has 4 heterocycles. The van der Waals surface area contributed by atoms with E-state index in [0.29, 0.717) is 12.5 Å². The van der Waals surface area contributed by atoms with Gasteiger partial charge in [0, 0.05) is 73.2 Å². The molecule has 33 heavy (non-hydrogen) atoms. The summed E-state index contributed by atoms with van der Waals surface area (Å²) in [4.78, 5) is 11.5. The van der Waals surface area contributed by atoms with Crippen LogP contribution in [0, 0.1) is 6.92 Å². The third kappa shape index (κ3) is 4.16. The summed E-state index contributed by atoms with van der Waals surface area (Å²) in [6.07, 6.45) is 9.61. The number of β-amino-alcohol motifs (C(OH)–C–C–N with tert-alkyl or cyclic N) is 1. The highest BCUT2D eigenvalue weighted by Crippen LogP contribution is 2.40. The predicted molar refractivity (Wildman–Crippen MR) is 128 cm³/mol. The molecule has 4 aromatic rings. The van der Waals surface area contributed by atoms with E-state index in [2.05, 4.69) is 43.9 Å². The van der Waals surface area contributed by atoms with E-state index in [-0.39, 0.29) is 6.10 Å². The monoisotopic (exact) mass is 462 g/mol. The number of fused-ring (bicyclic) bond motifs is 1. The van der Waals surface area contributed by atoms with Crippen LogP contribution in [0.4, 0.5) is 0 Å². The fourth-order valence-corrected chi connectivity index (χ4v) is 5.03. The minimum Gasteiger partial charge on any atom is -0.392 e. The Morgan fingerprint density at radius 3 is 2.82 bits per heavy atom. The first-order valence-electron chi connectivity index (χ1n) is 11.6. The van der Waals surface area contributed by atoms with Crippen LogP contribution in [0.1, 0.15) is 47.9 Å². The van der Waals surface area contributed by atoms with E-state index in [1.807, 2.05) is 23.9 Å². The van der Waals surface area contributed by atoms with E-state index in [1.165, 1.54) is 18.4 Å². The lowest BCUT2D eigenvalue weighted by molar-refractivity contribution is 0.174. The molecule has 170 valence electrons. The largest absolute Gasteiger partial charge is 0.392 e. The first kappa shape index (κ1) is 20.8. The quantitative estimate of drug-likeness (QED) is 0.467. The van der Waals surface area contributed by atoms with E-state index in [4.69, 9.17) is 16.6 Å². The van der Waals surface area contributed by atoms with Crippen molar-refractivity contribution in [3.05, 3.63) is 70.5 Å². The second-order valence-corrected chi connectivity index (χ2v) is 9.74. The highest BCUT2D eigenvalue weighted by Gasteiger charge is 2.25. The zero-order chi connectivity index (χ0) is 22.5. The Morgan fingerprint density at radius 2 is 2.03 bits per heavy atom. The molecule has 1 N–H and O–H groups in total. The van der Waals surface area contributed by atoms with Crippen LogP contribution in [0.5, 0.6) is 0 Å². The van der Waals surface area contributed by atoms with E-state index < -0.39 is 0 Å². The SMILES string of the molecule is Cc1nn(-c2ccnc(Cc3ccc4c(c3)c(Cl)cn4C3CC3)n2)cc1CN1CC[C@@H](O)C1. The Kier molecular flexibility index (Phi) is 5.20. The van der Waals surface area contributed by atoms with Crippen LogP contribution in [-0.2, 0) is 13.0 Å². The Bertz CT molecular complexity index is 1320. The topological polar surface area (TPSA) is 72.0 Å². The number of likely N-dealkylation sites (tertiary alicyclic amines) is 1. The van der Waals surface area contributed by atoms with Gasteiger partial charge in [-0.1, -0.05) is 17.7 Å². The molecule has 7 nitrogen and oxygen atoms in total. The fraction of sp³-hybridized carbons (Fsp3) is 0.400. The third-order valence-corrected chi connectivity index (χ3v) is 7.02. The van der Waals surface area contributed by atoms with Crippen LogP contribution in [0.15, 0.2) is 42.9 Å². The van der Waals surface area contributed by atoms with Crippen LogP contribution in [-0.4, -0.2) is 53.5 Å². The van der Waals surface area contributed by atoms with Gasteiger partial charge in [0.1, 0.15) is 5.82 Å². The van der Waals surface area contributed by atoms with Crippen molar-refractivity contribution >= 4 is 22.5 Å². The van der Waals surface area contributed by atoms with Crippen molar-refractivity contribution < 1.29 is 5.11 Å². The Hall–Kier alpha value is -2.74. The molecule has 1 atom stereocenters. The van der Waals surface area contributed by atoms with E-state index in [0.717, 1.165) is 64.9 Å². The molecule has 0 bridgehead atoms. The van der Waals surface area contributed by atoms with Crippen LogP contribution in [0.2, 0.25) is 5.02 Å². The Morgan fingerprint density at radius 1 is 1.15 bits per heavy atom. The van der Waals surface area contributed by atoms with Crippen molar-refractivity contribution in [2.75, 3.05) is 13.1 Å². The average Bonchev–Trinajstić information content (AvgIpc) is 3.36. The molecule has 6 rings (SSSR count). The number of rotatable bonds is 6. The summed E-state index contributed by atoms with van der Waals surface area (Å²) in [5, 5.41) is 16.4. The lowest BCUT2D eigenvalue weighted by Crippen LogP contribution is -2.21. The lowest BCUT2D eigenvalue weighted by atomic mass is 10.1. The maximum Gasteiger partial charge on any atom is 0.157 e. The molecule has 1 aromatic carbocycles. The van der Waals surface area contributed by atoms with E-state index in [1.54, 1.807) is 6.20 Å². The Labute approximate surface area is 197 Å². The molecule has 3 aromatic heterocycles. The van der Waals surface area contributed by atoms with Crippen molar-refractivity contribution in [1.29, 1.82) is 0 Å². The fourth-order valence-electron chi connectivity index (χ4n) is 4.77. The van der Waals surface area contributed by atoms with Gasteiger partial charge in [0.15, 0.2) is 5.82 Å². The zero-order valence-electron chi connectivity index (χ0n) is 18.7. The second-order valence-electron chi connectivity index (χ2n) is 9.34. The highest BCUT2D eigenvalue weighted by atomic mass is 35.5. The molecule has 1 aliphatic heterocycles. The van der Waals surface area contributed by atoms with E-state index >= 15 is 0 Å². The zero-order valence-corrected chi connectivity index (χ0v) is 19.4. The predicted octanol–water partition coefficient (Wildman–Crippen LogP) is 4.07. The molecular weight excluding hydrogens is 436 g/mol. The second kappa shape index (κ2) is 8.24. The summed E-state index contributed by atoms with van der Waals surface area (Å²) in [6, 6.07) is 8.96. The Balaban J connectivity index is 1.23. The summed E-state index contributed by atoms with van der Waals surface area (Å²) in [5.41, 5.74) is 4.48. The number of hydrogen-bond donors (Lipinski definition) is 1. The van der Waals surface area contributed by atoms with Gasteiger partial charge in [-0.3, -0.25) is 4.90 Å². The summed E-state index contributed by atoms with van der Waals surface area (Å²) in [5.74, 6) is 1.51. The van der Waals surface area contributed by atoms with Gasteiger partial charge >= 0.3 is 0 Å². The smallest absolute Gasteiger partial charge is 0.157 e. The lowest BCUT2D eigenvalue weighted by Gasteiger charge is -2.13. The maximum atomic E-state index is 9.80. The molecule has 1 saturated heterocycles. The molecule has 8 heteroatoms. The number of hydrogen-bond acceptors (Lipinski definition) is 5. The van der Waals surface area contributed by atoms with Gasteiger partial charge in [-0.05, 0) is 43.9 Å². The highest BCUT2D eigenvalue weighted by molar-refractivity contribution is 6.35. The normalized spacial score (nSPS) is 19.1. The van der Waals surface area contributed by atoms with Gasteiger partial charge in [-0.25, -0.2) is 14.6 Å². The summed E-state index contributed by atoms with van der Waals surface area (Å²) in [7, 11) is 0. The molecule has 2 fully saturated rings. The molecule has 0 spiro atoms. The van der Waals surface area contributed by atoms with Crippen molar-refractivity contribution in [3.63, 3.8) is 0 Å². The molecule has 1 aliphatic carbocycles. The van der Waals surface area contributed by atoms with Gasteiger partial charge in [-0.2, -0.15) is 5.10 Å². The van der Waals surface area contributed by atoms with Crippen LogP contribution in [0.25, 0.3) is 16.7 Å². The van der Waals surface area contributed by atoms with Crippen LogP contribution in [0.3, 0.4) is 0 Å². The van der Waals surface area contributed by atoms with Gasteiger partial charge in [0.25, 0.3) is 0 Å². The third-order valence-electron chi connectivity index (χ3n) is 6.72. The van der Waals surface area contributed by atoms with Crippen LogP contribution >= 0.6 is 11.6 Å². The molecule has 0 radical (unpaired) electrons.